The van der Waals surface area contributed by atoms with Gasteiger partial charge in [0.1, 0.15) is 23.8 Å². The van der Waals surface area contributed by atoms with Gasteiger partial charge in [-0.05, 0) is 25.6 Å². The molecule has 108 valence electrons. The molecule has 0 atom stereocenters. The molecule has 8 heteroatoms. The fourth-order valence-electron chi connectivity index (χ4n) is 1.53. The van der Waals surface area contributed by atoms with Crippen molar-refractivity contribution < 1.29 is 4.74 Å². The van der Waals surface area contributed by atoms with Gasteiger partial charge in [-0.2, -0.15) is 5.10 Å². The van der Waals surface area contributed by atoms with Crippen molar-refractivity contribution in [3.8, 4) is 0 Å². The maximum Gasteiger partial charge on any atom is 0.192 e. The maximum absolute atomic E-state index is 5.37. The van der Waals surface area contributed by atoms with E-state index >= 15 is 0 Å². The average molecular weight is 294 g/mol. The smallest absolute Gasteiger partial charge is 0.192 e. The predicted octanol–water partition coefficient (Wildman–Crippen LogP) is 1.72. The van der Waals surface area contributed by atoms with Gasteiger partial charge in [0.2, 0.25) is 0 Å². The second-order valence-corrected chi connectivity index (χ2v) is 4.93. The number of nitrogens with zero attached hydrogens (tertiary/aromatic N) is 5. The topological polar surface area (TPSA) is 77.8 Å². The van der Waals surface area contributed by atoms with E-state index in [9.17, 15) is 0 Å². The Kier molecular flexibility index (Phi) is 5.31. The van der Waals surface area contributed by atoms with Gasteiger partial charge in [0.05, 0.1) is 0 Å². The van der Waals surface area contributed by atoms with E-state index in [1.165, 1.54) is 18.1 Å². The number of hydrogen-bond donors (Lipinski definition) is 1. The SMILES string of the molecule is CCNc1cc(Sc2ncnn2C)nc(COCC)n1. The van der Waals surface area contributed by atoms with Gasteiger partial charge in [-0.3, -0.25) is 0 Å². The van der Waals surface area contributed by atoms with Crippen LogP contribution in [0.15, 0.2) is 22.6 Å². The molecule has 2 aromatic rings. The molecule has 7 nitrogen and oxygen atoms in total. The van der Waals surface area contributed by atoms with Crippen molar-refractivity contribution in [2.75, 3.05) is 18.5 Å². The van der Waals surface area contributed by atoms with E-state index in [-0.39, 0.29) is 0 Å². The minimum absolute atomic E-state index is 0.405. The first-order chi connectivity index (χ1) is 9.72. The van der Waals surface area contributed by atoms with Gasteiger partial charge in [0.25, 0.3) is 0 Å². The molecule has 0 aliphatic rings. The molecule has 20 heavy (non-hydrogen) atoms. The lowest BCUT2D eigenvalue weighted by atomic mass is 10.5. The summed E-state index contributed by atoms with van der Waals surface area (Å²) >= 11 is 1.45. The first-order valence-corrected chi connectivity index (χ1v) is 7.26. The van der Waals surface area contributed by atoms with E-state index in [0.717, 1.165) is 22.5 Å². The zero-order chi connectivity index (χ0) is 14.4. The van der Waals surface area contributed by atoms with E-state index in [2.05, 4.69) is 25.4 Å². The molecule has 0 aliphatic heterocycles. The van der Waals surface area contributed by atoms with Crippen molar-refractivity contribution in [3.05, 3.63) is 18.2 Å². The Hall–Kier alpha value is -1.67. The minimum Gasteiger partial charge on any atom is -0.374 e. The minimum atomic E-state index is 0.405. The molecule has 0 aliphatic carbocycles. The highest BCUT2D eigenvalue weighted by Crippen LogP contribution is 2.25. The molecule has 2 heterocycles. The third-order valence-electron chi connectivity index (χ3n) is 2.41. The van der Waals surface area contributed by atoms with Crippen LogP contribution in [-0.2, 0) is 18.4 Å². The normalized spacial score (nSPS) is 10.8. The number of rotatable bonds is 7. The summed E-state index contributed by atoms with van der Waals surface area (Å²) in [6.07, 6.45) is 1.52. The van der Waals surface area contributed by atoms with Gasteiger partial charge < -0.3 is 10.1 Å². The summed E-state index contributed by atoms with van der Waals surface area (Å²) in [6.45, 7) is 5.82. The van der Waals surface area contributed by atoms with E-state index in [1.807, 2.05) is 27.0 Å². The highest BCUT2D eigenvalue weighted by molar-refractivity contribution is 7.99. The maximum atomic E-state index is 5.37. The van der Waals surface area contributed by atoms with E-state index < -0.39 is 0 Å². The zero-order valence-corrected chi connectivity index (χ0v) is 12.6. The van der Waals surface area contributed by atoms with Crippen LogP contribution >= 0.6 is 11.8 Å². The summed E-state index contributed by atoms with van der Waals surface area (Å²) in [5, 5.41) is 8.85. The van der Waals surface area contributed by atoms with Gasteiger partial charge in [0, 0.05) is 26.3 Å². The lowest BCUT2D eigenvalue weighted by Crippen LogP contribution is -2.06. The Labute approximate surface area is 122 Å². The Morgan fingerprint density at radius 3 is 2.85 bits per heavy atom. The van der Waals surface area contributed by atoms with Crippen molar-refractivity contribution in [2.45, 2.75) is 30.6 Å². The molecule has 0 spiro atoms. The highest BCUT2D eigenvalue weighted by Gasteiger charge is 2.09. The summed E-state index contributed by atoms with van der Waals surface area (Å²) in [5.41, 5.74) is 0. The number of aromatic nitrogens is 5. The van der Waals surface area contributed by atoms with Crippen LogP contribution in [0.2, 0.25) is 0 Å². The third-order valence-corrected chi connectivity index (χ3v) is 3.38. The third kappa shape index (κ3) is 3.91. The quantitative estimate of drug-likeness (QED) is 0.779. The molecule has 0 saturated carbocycles. The molecule has 1 N–H and O–H groups in total. The van der Waals surface area contributed by atoms with Gasteiger partial charge in [0.15, 0.2) is 11.0 Å². The largest absolute Gasteiger partial charge is 0.374 e. The van der Waals surface area contributed by atoms with Crippen LogP contribution in [0.3, 0.4) is 0 Å². The molecule has 2 aromatic heterocycles. The van der Waals surface area contributed by atoms with Gasteiger partial charge in [-0.15, -0.1) is 0 Å². The molecule has 0 saturated heterocycles. The van der Waals surface area contributed by atoms with Gasteiger partial charge in [-0.1, -0.05) is 0 Å². The number of ether oxygens (including phenoxy) is 1. The van der Waals surface area contributed by atoms with Crippen LogP contribution in [-0.4, -0.2) is 37.9 Å². The van der Waals surface area contributed by atoms with Crippen LogP contribution in [0.5, 0.6) is 0 Å². The molecule has 2 rings (SSSR count). The van der Waals surface area contributed by atoms with Crippen molar-refractivity contribution in [2.24, 2.45) is 7.05 Å². The summed E-state index contributed by atoms with van der Waals surface area (Å²) in [5.74, 6) is 1.46. The molecule has 0 fully saturated rings. The summed E-state index contributed by atoms with van der Waals surface area (Å²) in [6, 6.07) is 1.90. The summed E-state index contributed by atoms with van der Waals surface area (Å²) in [7, 11) is 1.85. The number of aryl methyl sites for hydroxylation is 1. The number of hydrogen-bond acceptors (Lipinski definition) is 7. The van der Waals surface area contributed by atoms with Gasteiger partial charge >= 0.3 is 0 Å². The van der Waals surface area contributed by atoms with Gasteiger partial charge in [-0.25, -0.2) is 19.6 Å². The number of nitrogens with one attached hydrogen (secondary N) is 1. The molecule has 0 unspecified atom stereocenters. The zero-order valence-electron chi connectivity index (χ0n) is 11.8. The lowest BCUT2D eigenvalue weighted by Gasteiger charge is -2.08. The van der Waals surface area contributed by atoms with Crippen molar-refractivity contribution in [1.29, 1.82) is 0 Å². The predicted molar refractivity (Wildman–Crippen MR) is 76.7 cm³/mol. The molecular formula is C12H18N6OS. The van der Waals surface area contributed by atoms with Crippen LogP contribution < -0.4 is 5.32 Å². The van der Waals surface area contributed by atoms with Crippen LogP contribution in [0.25, 0.3) is 0 Å². The Morgan fingerprint density at radius 1 is 1.35 bits per heavy atom. The monoisotopic (exact) mass is 294 g/mol. The second kappa shape index (κ2) is 7.20. The molecule has 0 bridgehead atoms. The molecule has 0 radical (unpaired) electrons. The molecule has 0 aromatic carbocycles. The number of anilines is 1. The standard InChI is InChI=1S/C12H18N6OS/c1-4-13-9-6-11(17-10(16-9)7-19-5-2)20-12-14-8-15-18(12)3/h6,8H,4-5,7H2,1-3H3,(H,13,16,17). The highest BCUT2D eigenvalue weighted by atomic mass is 32.2. The lowest BCUT2D eigenvalue weighted by molar-refractivity contribution is 0.128. The van der Waals surface area contributed by atoms with Crippen LogP contribution in [0.4, 0.5) is 5.82 Å². The van der Waals surface area contributed by atoms with Crippen LogP contribution in [0, 0.1) is 0 Å². The Morgan fingerprint density at radius 2 is 2.20 bits per heavy atom. The van der Waals surface area contributed by atoms with Crippen molar-refractivity contribution >= 4 is 17.6 Å². The van der Waals surface area contributed by atoms with E-state index in [1.54, 1.807) is 4.68 Å². The first-order valence-electron chi connectivity index (χ1n) is 6.44. The summed E-state index contributed by atoms with van der Waals surface area (Å²) < 4.78 is 7.08. The Balaban J connectivity index is 2.21. The van der Waals surface area contributed by atoms with Crippen LogP contribution in [0.1, 0.15) is 19.7 Å². The second-order valence-electron chi connectivity index (χ2n) is 3.94. The van der Waals surface area contributed by atoms with E-state index in [0.29, 0.717) is 19.0 Å². The molecular weight excluding hydrogens is 276 g/mol. The fourth-order valence-corrected chi connectivity index (χ4v) is 2.31. The summed E-state index contributed by atoms with van der Waals surface area (Å²) in [4.78, 5) is 13.1. The average Bonchev–Trinajstić information content (AvgIpc) is 2.82. The fraction of sp³-hybridized carbons (Fsp3) is 0.500. The Bertz CT molecular complexity index is 559. The molecule has 0 amide bonds. The van der Waals surface area contributed by atoms with Crippen molar-refractivity contribution in [3.63, 3.8) is 0 Å². The first kappa shape index (κ1) is 14.7. The van der Waals surface area contributed by atoms with E-state index in [4.69, 9.17) is 4.74 Å². The van der Waals surface area contributed by atoms with Crippen molar-refractivity contribution in [1.82, 2.24) is 24.7 Å².